The monoisotopic (exact) mass is 314 g/mol. The van der Waals surface area contributed by atoms with Gasteiger partial charge in [0.15, 0.2) is 5.13 Å². The van der Waals surface area contributed by atoms with Crippen LogP contribution in [-0.2, 0) is 11.2 Å². The third-order valence-corrected chi connectivity index (χ3v) is 4.47. The van der Waals surface area contributed by atoms with Gasteiger partial charge in [-0.05, 0) is 48.7 Å². The number of anilines is 1. The Morgan fingerprint density at radius 3 is 2.68 bits per heavy atom. The summed E-state index contributed by atoms with van der Waals surface area (Å²) in [6.07, 6.45) is 0.203. The van der Waals surface area contributed by atoms with Crippen LogP contribution in [0.3, 0.4) is 0 Å². The first kappa shape index (κ1) is 14.7. The van der Waals surface area contributed by atoms with Crippen molar-refractivity contribution in [3.05, 3.63) is 58.9 Å². The molecule has 22 heavy (non-hydrogen) atoms. The summed E-state index contributed by atoms with van der Waals surface area (Å²) in [7, 11) is 0. The lowest BCUT2D eigenvalue weighted by atomic mass is 10.1. The van der Waals surface area contributed by atoms with Crippen LogP contribution in [0.15, 0.2) is 36.4 Å². The maximum atomic E-state index is 12.9. The van der Waals surface area contributed by atoms with Gasteiger partial charge in [-0.25, -0.2) is 9.37 Å². The maximum Gasteiger partial charge on any atom is 0.230 e. The summed E-state index contributed by atoms with van der Waals surface area (Å²) in [5, 5.41) is 3.41. The number of aromatic nitrogens is 1. The van der Waals surface area contributed by atoms with Gasteiger partial charge in [-0.3, -0.25) is 4.79 Å². The first-order valence-electron chi connectivity index (χ1n) is 6.93. The summed E-state index contributed by atoms with van der Waals surface area (Å²) in [5.74, 6) is -0.457. The summed E-state index contributed by atoms with van der Waals surface area (Å²) in [6, 6.07) is 10.0. The number of nitrogens with zero attached hydrogens (tertiary/aromatic N) is 1. The zero-order valence-electron chi connectivity index (χ0n) is 12.3. The van der Waals surface area contributed by atoms with Gasteiger partial charge in [-0.1, -0.05) is 29.5 Å². The van der Waals surface area contributed by atoms with Gasteiger partial charge in [0.05, 0.1) is 16.6 Å². The lowest BCUT2D eigenvalue weighted by Crippen LogP contribution is -2.14. The number of aryl methyl sites for hydroxylation is 2. The Labute approximate surface area is 131 Å². The van der Waals surface area contributed by atoms with Gasteiger partial charge in [-0.2, -0.15) is 0 Å². The molecule has 0 aliphatic heterocycles. The summed E-state index contributed by atoms with van der Waals surface area (Å²) in [6.45, 7) is 4.07. The molecule has 0 radical (unpaired) electrons. The molecule has 0 atom stereocenters. The van der Waals surface area contributed by atoms with E-state index in [-0.39, 0.29) is 18.1 Å². The molecule has 2 aromatic carbocycles. The van der Waals surface area contributed by atoms with E-state index in [9.17, 15) is 9.18 Å². The molecule has 0 aliphatic rings. The van der Waals surface area contributed by atoms with Gasteiger partial charge in [0.2, 0.25) is 5.91 Å². The highest BCUT2D eigenvalue weighted by atomic mass is 32.1. The van der Waals surface area contributed by atoms with E-state index in [4.69, 9.17) is 0 Å². The van der Waals surface area contributed by atoms with Crippen molar-refractivity contribution in [2.75, 3.05) is 5.32 Å². The number of nitrogens with one attached hydrogen (secondary N) is 1. The second kappa shape index (κ2) is 5.85. The normalized spacial score (nSPS) is 10.9. The van der Waals surface area contributed by atoms with Gasteiger partial charge in [0.25, 0.3) is 0 Å². The van der Waals surface area contributed by atoms with Crippen LogP contribution in [0, 0.1) is 19.7 Å². The largest absolute Gasteiger partial charge is 0.302 e. The molecule has 1 N–H and O–H groups in total. The Morgan fingerprint density at radius 1 is 1.23 bits per heavy atom. The number of rotatable bonds is 3. The van der Waals surface area contributed by atoms with E-state index in [1.165, 1.54) is 23.5 Å². The van der Waals surface area contributed by atoms with Crippen molar-refractivity contribution in [1.82, 2.24) is 4.98 Å². The zero-order valence-corrected chi connectivity index (χ0v) is 13.1. The van der Waals surface area contributed by atoms with Crippen LogP contribution in [0.25, 0.3) is 10.2 Å². The Morgan fingerprint density at radius 2 is 1.95 bits per heavy atom. The van der Waals surface area contributed by atoms with E-state index >= 15 is 0 Å². The van der Waals surface area contributed by atoms with E-state index in [1.807, 2.05) is 19.9 Å². The summed E-state index contributed by atoms with van der Waals surface area (Å²) < 4.78 is 13.9. The molecule has 112 valence electrons. The Kier molecular flexibility index (Phi) is 3.90. The van der Waals surface area contributed by atoms with Gasteiger partial charge in [0.1, 0.15) is 5.82 Å². The maximum absolute atomic E-state index is 12.9. The molecule has 0 fully saturated rings. The number of carbonyl (C=O) groups is 1. The smallest absolute Gasteiger partial charge is 0.230 e. The van der Waals surface area contributed by atoms with Crippen molar-refractivity contribution in [3.63, 3.8) is 0 Å². The third kappa shape index (κ3) is 3.14. The molecule has 5 heteroatoms. The number of halogens is 1. The van der Waals surface area contributed by atoms with Gasteiger partial charge >= 0.3 is 0 Å². The quantitative estimate of drug-likeness (QED) is 0.786. The highest BCUT2D eigenvalue weighted by molar-refractivity contribution is 7.22. The highest BCUT2D eigenvalue weighted by Gasteiger charge is 2.10. The van der Waals surface area contributed by atoms with Gasteiger partial charge < -0.3 is 5.32 Å². The van der Waals surface area contributed by atoms with E-state index in [2.05, 4.69) is 16.4 Å². The lowest BCUT2D eigenvalue weighted by molar-refractivity contribution is -0.115. The molecule has 3 aromatic rings. The van der Waals surface area contributed by atoms with Crippen LogP contribution in [0.4, 0.5) is 9.52 Å². The minimum atomic E-state index is -0.304. The first-order valence-corrected chi connectivity index (χ1v) is 7.75. The molecule has 1 amide bonds. The van der Waals surface area contributed by atoms with Crippen molar-refractivity contribution < 1.29 is 9.18 Å². The molecule has 0 bridgehead atoms. The van der Waals surface area contributed by atoms with Crippen LogP contribution in [0.2, 0.25) is 0 Å². The molecule has 0 saturated carbocycles. The van der Waals surface area contributed by atoms with Crippen molar-refractivity contribution in [1.29, 1.82) is 0 Å². The first-order chi connectivity index (χ1) is 10.5. The second-order valence-corrected chi connectivity index (χ2v) is 6.30. The number of benzene rings is 2. The average Bonchev–Trinajstić information content (AvgIpc) is 2.84. The fraction of sp³-hybridized carbons (Fsp3) is 0.176. The molecule has 3 rings (SSSR count). The van der Waals surface area contributed by atoms with E-state index in [0.29, 0.717) is 5.13 Å². The second-order valence-electron chi connectivity index (χ2n) is 5.30. The number of carbonyl (C=O) groups excluding carboxylic acids is 1. The molecule has 1 aromatic heterocycles. The van der Waals surface area contributed by atoms with Gasteiger partial charge in [-0.15, -0.1) is 0 Å². The lowest BCUT2D eigenvalue weighted by Gasteiger charge is -2.01. The Bertz CT molecular complexity index is 840. The van der Waals surface area contributed by atoms with Crippen molar-refractivity contribution in [3.8, 4) is 0 Å². The fourth-order valence-electron chi connectivity index (χ4n) is 2.38. The summed E-state index contributed by atoms with van der Waals surface area (Å²) >= 11 is 1.47. The minimum absolute atomic E-state index is 0.153. The van der Waals surface area contributed by atoms with E-state index in [1.54, 1.807) is 12.1 Å². The summed E-state index contributed by atoms with van der Waals surface area (Å²) in [5.41, 5.74) is 3.98. The minimum Gasteiger partial charge on any atom is -0.302 e. The molecular weight excluding hydrogens is 299 g/mol. The predicted molar refractivity (Wildman–Crippen MR) is 87.8 cm³/mol. The highest BCUT2D eigenvalue weighted by Crippen LogP contribution is 2.29. The molecule has 0 unspecified atom stereocenters. The molecule has 0 aliphatic carbocycles. The fourth-order valence-corrected chi connectivity index (χ4v) is 3.31. The topological polar surface area (TPSA) is 42.0 Å². The molecule has 3 nitrogen and oxygen atoms in total. The molecule has 0 spiro atoms. The Balaban J connectivity index is 1.76. The molecule has 1 heterocycles. The van der Waals surface area contributed by atoms with Crippen LogP contribution >= 0.6 is 11.3 Å². The average molecular weight is 314 g/mol. The van der Waals surface area contributed by atoms with Crippen LogP contribution < -0.4 is 5.32 Å². The van der Waals surface area contributed by atoms with Gasteiger partial charge in [0, 0.05) is 0 Å². The standard InChI is InChI=1S/C17H15FN2OS/c1-10-7-11(2)16-14(8-10)19-17(22-16)20-15(21)9-12-3-5-13(18)6-4-12/h3-8H,9H2,1-2H3,(H,19,20,21). The zero-order chi connectivity index (χ0) is 15.7. The number of thiazole rings is 1. The summed E-state index contributed by atoms with van der Waals surface area (Å²) in [4.78, 5) is 16.5. The Hall–Kier alpha value is -2.27. The molecular formula is C17H15FN2OS. The van der Waals surface area contributed by atoms with Crippen LogP contribution in [0.5, 0.6) is 0 Å². The van der Waals surface area contributed by atoms with Crippen molar-refractivity contribution >= 4 is 32.6 Å². The molecule has 0 saturated heterocycles. The van der Waals surface area contributed by atoms with Crippen molar-refractivity contribution in [2.45, 2.75) is 20.3 Å². The third-order valence-electron chi connectivity index (χ3n) is 3.34. The van der Waals surface area contributed by atoms with Crippen LogP contribution in [-0.4, -0.2) is 10.9 Å². The number of hydrogen-bond acceptors (Lipinski definition) is 3. The van der Waals surface area contributed by atoms with E-state index < -0.39 is 0 Å². The predicted octanol–water partition coefficient (Wildman–Crippen LogP) is 4.23. The number of hydrogen-bond donors (Lipinski definition) is 1. The SMILES string of the molecule is Cc1cc(C)c2sc(NC(=O)Cc3ccc(F)cc3)nc2c1. The van der Waals surface area contributed by atoms with Crippen molar-refractivity contribution in [2.24, 2.45) is 0 Å². The van der Waals surface area contributed by atoms with E-state index in [0.717, 1.165) is 26.9 Å². The van der Waals surface area contributed by atoms with Crippen LogP contribution in [0.1, 0.15) is 16.7 Å². The number of amides is 1. The number of fused-ring (bicyclic) bond motifs is 1.